The number of carboxylic acid groups (broad SMARTS) is 1. The molecule has 0 aliphatic carbocycles. The van der Waals surface area contributed by atoms with Gasteiger partial charge < -0.3 is 15.2 Å². The maximum atomic E-state index is 11.0. The van der Waals surface area contributed by atoms with Gasteiger partial charge in [0.1, 0.15) is 0 Å². The maximum Gasteiger partial charge on any atom is 0.451 e. The van der Waals surface area contributed by atoms with Gasteiger partial charge in [0.15, 0.2) is 0 Å². The first-order valence-electron chi connectivity index (χ1n) is 6.58. The van der Waals surface area contributed by atoms with Crippen molar-refractivity contribution >= 4 is 13.1 Å². The molecule has 2 unspecified atom stereocenters. The van der Waals surface area contributed by atoms with Gasteiger partial charge in [-0.1, -0.05) is 46.0 Å². The standard InChI is InChI=1S/C12H25BO4/c1-3-4-5-7-11(10(2)12(14)15)8-6-9-13(16)17/h10-11,16-17H,3-9H2,1-2H3,(H,14,15). The molecule has 0 bridgehead atoms. The molecule has 3 N–H and O–H groups in total. The van der Waals surface area contributed by atoms with E-state index in [2.05, 4.69) is 6.92 Å². The summed E-state index contributed by atoms with van der Waals surface area (Å²) in [4.78, 5) is 11.0. The largest absolute Gasteiger partial charge is 0.481 e. The van der Waals surface area contributed by atoms with Crippen LogP contribution in [-0.2, 0) is 4.79 Å². The fourth-order valence-corrected chi connectivity index (χ4v) is 2.07. The van der Waals surface area contributed by atoms with E-state index in [4.69, 9.17) is 15.2 Å². The Morgan fingerprint density at radius 1 is 1.18 bits per heavy atom. The predicted molar refractivity (Wildman–Crippen MR) is 68.7 cm³/mol. The van der Waals surface area contributed by atoms with Gasteiger partial charge in [-0.15, -0.1) is 0 Å². The number of carboxylic acids is 1. The van der Waals surface area contributed by atoms with Crippen molar-refractivity contribution in [3.8, 4) is 0 Å². The van der Waals surface area contributed by atoms with Crippen molar-refractivity contribution in [2.45, 2.75) is 58.7 Å². The van der Waals surface area contributed by atoms with E-state index in [1.807, 2.05) is 0 Å². The quantitative estimate of drug-likeness (QED) is 0.406. The first-order valence-corrected chi connectivity index (χ1v) is 6.58. The zero-order valence-corrected chi connectivity index (χ0v) is 10.9. The van der Waals surface area contributed by atoms with Gasteiger partial charge in [0.2, 0.25) is 0 Å². The molecule has 0 rings (SSSR count). The van der Waals surface area contributed by atoms with Crippen molar-refractivity contribution < 1.29 is 19.9 Å². The average molecular weight is 244 g/mol. The van der Waals surface area contributed by atoms with E-state index in [1.54, 1.807) is 6.92 Å². The first kappa shape index (κ1) is 16.5. The molecule has 0 aliphatic rings. The van der Waals surface area contributed by atoms with Crippen LogP contribution >= 0.6 is 0 Å². The summed E-state index contributed by atoms with van der Waals surface area (Å²) in [6.45, 7) is 3.87. The van der Waals surface area contributed by atoms with Gasteiger partial charge in [0.25, 0.3) is 0 Å². The Kier molecular flexibility index (Phi) is 9.18. The molecule has 4 nitrogen and oxygen atoms in total. The summed E-state index contributed by atoms with van der Waals surface area (Å²) in [7, 11) is -1.27. The Balaban J connectivity index is 4.05. The van der Waals surface area contributed by atoms with E-state index >= 15 is 0 Å². The lowest BCUT2D eigenvalue weighted by atomic mass is 9.79. The molecule has 0 aromatic rings. The van der Waals surface area contributed by atoms with E-state index in [0.717, 1.165) is 32.1 Å². The third-order valence-electron chi connectivity index (χ3n) is 3.31. The van der Waals surface area contributed by atoms with E-state index in [9.17, 15) is 4.79 Å². The fraction of sp³-hybridized carbons (Fsp3) is 0.917. The summed E-state index contributed by atoms with van der Waals surface area (Å²) in [6.07, 6.45) is 6.00. The van der Waals surface area contributed by atoms with Crippen molar-refractivity contribution in [3.63, 3.8) is 0 Å². The molecule has 17 heavy (non-hydrogen) atoms. The van der Waals surface area contributed by atoms with E-state index in [0.29, 0.717) is 12.7 Å². The van der Waals surface area contributed by atoms with E-state index in [-0.39, 0.29) is 11.8 Å². The minimum atomic E-state index is -1.27. The van der Waals surface area contributed by atoms with Gasteiger partial charge in [0, 0.05) is 0 Å². The molecule has 0 aromatic heterocycles. The van der Waals surface area contributed by atoms with Crippen LogP contribution in [-0.4, -0.2) is 28.2 Å². The second-order valence-electron chi connectivity index (χ2n) is 4.79. The second kappa shape index (κ2) is 9.48. The average Bonchev–Trinajstić information content (AvgIpc) is 2.25. The van der Waals surface area contributed by atoms with Gasteiger partial charge in [0.05, 0.1) is 5.92 Å². The third-order valence-corrected chi connectivity index (χ3v) is 3.31. The molecule has 0 fully saturated rings. The lowest BCUT2D eigenvalue weighted by Gasteiger charge is -2.20. The first-order chi connectivity index (χ1) is 7.99. The predicted octanol–water partition coefficient (Wildman–Crippen LogP) is 2.16. The van der Waals surface area contributed by atoms with Gasteiger partial charge in [-0.3, -0.25) is 4.79 Å². The highest BCUT2D eigenvalue weighted by atomic mass is 16.4. The van der Waals surface area contributed by atoms with Crippen LogP contribution in [0, 0.1) is 11.8 Å². The molecule has 0 aliphatic heterocycles. The van der Waals surface area contributed by atoms with Crippen molar-refractivity contribution in [2.24, 2.45) is 11.8 Å². The van der Waals surface area contributed by atoms with Crippen molar-refractivity contribution in [3.05, 3.63) is 0 Å². The molecule has 0 saturated heterocycles. The molecule has 0 radical (unpaired) electrons. The normalized spacial score (nSPS) is 14.4. The van der Waals surface area contributed by atoms with Crippen LogP contribution in [0.1, 0.15) is 52.4 Å². The Hall–Kier alpha value is -0.545. The molecule has 0 amide bonds. The van der Waals surface area contributed by atoms with Crippen LogP contribution in [0.2, 0.25) is 6.32 Å². The molecule has 5 heteroatoms. The van der Waals surface area contributed by atoms with Crippen molar-refractivity contribution in [2.75, 3.05) is 0 Å². The lowest BCUT2D eigenvalue weighted by Crippen LogP contribution is -2.21. The fourth-order valence-electron chi connectivity index (χ4n) is 2.07. The zero-order valence-electron chi connectivity index (χ0n) is 10.9. The number of hydrogen-bond acceptors (Lipinski definition) is 3. The maximum absolute atomic E-state index is 11.0. The zero-order chi connectivity index (χ0) is 13.3. The highest BCUT2D eigenvalue weighted by Gasteiger charge is 2.23. The minimum Gasteiger partial charge on any atom is -0.481 e. The number of carbonyl (C=O) groups is 1. The lowest BCUT2D eigenvalue weighted by molar-refractivity contribution is -0.143. The van der Waals surface area contributed by atoms with Crippen LogP contribution in [0.25, 0.3) is 0 Å². The number of aliphatic carboxylic acids is 1. The number of hydrogen-bond donors (Lipinski definition) is 3. The van der Waals surface area contributed by atoms with Crippen molar-refractivity contribution in [1.29, 1.82) is 0 Å². The van der Waals surface area contributed by atoms with Gasteiger partial charge >= 0.3 is 13.1 Å². The van der Waals surface area contributed by atoms with Crippen LogP contribution < -0.4 is 0 Å². The van der Waals surface area contributed by atoms with Crippen LogP contribution in [0.15, 0.2) is 0 Å². The highest BCUT2D eigenvalue weighted by molar-refractivity contribution is 6.40. The summed E-state index contributed by atoms with van der Waals surface area (Å²) in [5, 5.41) is 26.6. The van der Waals surface area contributed by atoms with Gasteiger partial charge in [-0.05, 0) is 18.7 Å². The summed E-state index contributed by atoms with van der Waals surface area (Å²) < 4.78 is 0. The number of rotatable bonds is 10. The summed E-state index contributed by atoms with van der Waals surface area (Å²) >= 11 is 0. The SMILES string of the molecule is CCCCCC(CCCB(O)O)C(C)C(=O)O. The molecular formula is C12H25BO4. The Morgan fingerprint density at radius 3 is 2.24 bits per heavy atom. The van der Waals surface area contributed by atoms with Crippen LogP contribution in [0.5, 0.6) is 0 Å². The summed E-state index contributed by atoms with van der Waals surface area (Å²) in [5.74, 6) is -0.948. The van der Waals surface area contributed by atoms with Crippen molar-refractivity contribution in [1.82, 2.24) is 0 Å². The molecule has 0 aromatic carbocycles. The highest BCUT2D eigenvalue weighted by Crippen LogP contribution is 2.25. The molecule has 0 heterocycles. The third kappa shape index (κ3) is 8.21. The van der Waals surface area contributed by atoms with E-state index in [1.165, 1.54) is 0 Å². The van der Waals surface area contributed by atoms with Gasteiger partial charge in [-0.25, -0.2) is 0 Å². The van der Waals surface area contributed by atoms with Gasteiger partial charge in [-0.2, -0.15) is 0 Å². The van der Waals surface area contributed by atoms with E-state index < -0.39 is 13.1 Å². The summed E-state index contributed by atoms with van der Waals surface area (Å²) in [6, 6.07) is 0. The Morgan fingerprint density at radius 2 is 1.76 bits per heavy atom. The van der Waals surface area contributed by atoms with Crippen LogP contribution in [0.3, 0.4) is 0 Å². The molecular weight excluding hydrogens is 219 g/mol. The topological polar surface area (TPSA) is 77.8 Å². The number of unbranched alkanes of at least 4 members (excludes halogenated alkanes) is 2. The second-order valence-corrected chi connectivity index (χ2v) is 4.79. The molecule has 0 spiro atoms. The summed E-state index contributed by atoms with van der Waals surface area (Å²) in [5.41, 5.74) is 0. The molecule has 100 valence electrons. The van der Waals surface area contributed by atoms with Crippen LogP contribution in [0.4, 0.5) is 0 Å². The Labute approximate surface area is 104 Å². The molecule has 2 atom stereocenters. The molecule has 0 saturated carbocycles. The Bertz CT molecular complexity index is 209. The monoisotopic (exact) mass is 244 g/mol. The smallest absolute Gasteiger partial charge is 0.451 e. The minimum absolute atomic E-state index is 0.151.